The summed E-state index contributed by atoms with van der Waals surface area (Å²) in [4.78, 5) is 2.31. The Kier molecular flexibility index (Phi) is 5.23. The van der Waals surface area contributed by atoms with Crippen molar-refractivity contribution in [1.29, 1.82) is 0 Å². The lowest BCUT2D eigenvalue weighted by molar-refractivity contribution is 0.00999. The maximum Gasteiger partial charge on any atom is 0.120 e. The molecule has 0 radical (unpaired) electrons. The first kappa shape index (κ1) is 15.1. The number of nitrogens with zero attached hydrogens (tertiary/aromatic N) is 1. The second kappa shape index (κ2) is 6.92. The van der Waals surface area contributed by atoms with E-state index in [9.17, 15) is 5.11 Å². The molecular formula is C15H24N2O3. The number of phenolic OH excluding ortho intramolecular Hbond substituents is 1. The number of phenols is 1. The van der Waals surface area contributed by atoms with Crippen LogP contribution in [-0.2, 0) is 11.3 Å². The molecule has 5 nitrogen and oxygen atoms in total. The van der Waals surface area contributed by atoms with Crippen molar-refractivity contribution < 1.29 is 14.6 Å². The molecule has 0 saturated carbocycles. The van der Waals surface area contributed by atoms with Crippen molar-refractivity contribution in [2.75, 3.05) is 27.3 Å². The monoisotopic (exact) mass is 280 g/mol. The number of likely N-dealkylation sites (tertiary alicyclic amines) is 1. The molecule has 1 fully saturated rings. The Labute approximate surface area is 120 Å². The van der Waals surface area contributed by atoms with Crippen molar-refractivity contribution in [2.45, 2.75) is 31.5 Å². The third-order valence-electron chi connectivity index (χ3n) is 4.06. The third-order valence-corrected chi connectivity index (χ3v) is 4.06. The summed E-state index contributed by atoms with van der Waals surface area (Å²) in [5.41, 5.74) is 6.75. The Hall–Kier alpha value is -1.30. The van der Waals surface area contributed by atoms with Crippen LogP contribution in [0.4, 0.5) is 0 Å². The maximum absolute atomic E-state index is 9.98. The van der Waals surface area contributed by atoms with Gasteiger partial charge in [-0.1, -0.05) is 0 Å². The average Bonchev–Trinajstić information content (AvgIpc) is 2.49. The summed E-state index contributed by atoms with van der Waals surface area (Å²) in [6.07, 6.45) is 2.23. The van der Waals surface area contributed by atoms with E-state index in [0.717, 1.165) is 30.7 Å². The summed E-state index contributed by atoms with van der Waals surface area (Å²) in [6.45, 7) is 2.21. The number of ether oxygens (including phenoxy) is 2. The second-order valence-corrected chi connectivity index (χ2v) is 5.24. The Bertz CT molecular complexity index is 439. The van der Waals surface area contributed by atoms with Crippen LogP contribution in [0.25, 0.3) is 0 Å². The van der Waals surface area contributed by atoms with Crippen LogP contribution in [0.15, 0.2) is 18.2 Å². The summed E-state index contributed by atoms with van der Waals surface area (Å²) in [7, 11) is 3.38. The molecule has 2 unspecified atom stereocenters. The normalized spacial score (nSPS) is 23.8. The van der Waals surface area contributed by atoms with Gasteiger partial charge in [-0.05, 0) is 31.0 Å². The molecule has 1 aliphatic heterocycles. The number of piperidine rings is 1. The Morgan fingerprint density at radius 3 is 2.85 bits per heavy atom. The molecule has 1 aliphatic rings. The van der Waals surface area contributed by atoms with Crippen molar-refractivity contribution in [1.82, 2.24) is 4.90 Å². The largest absolute Gasteiger partial charge is 0.508 e. The minimum Gasteiger partial charge on any atom is -0.508 e. The highest BCUT2D eigenvalue weighted by molar-refractivity contribution is 5.39. The van der Waals surface area contributed by atoms with Crippen LogP contribution in [0.1, 0.15) is 18.4 Å². The van der Waals surface area contributed by atoms with Crippen molar-refractivity contribution in [3.05, 3.63) is 23.8 Å². The summed E-state index contributed by atoms with van der Waals surface area (Å²) >= 11 is 0. The number of benzene rings is 1. The first-order valence-electron chi connectivity index (χ1n) is 7.00. The lowest BCUT2D eigenvalue weighted by Crippen LogP contribution is -2.47. The number of nitrogens with two attached hydrogens (primary N) is 1. The quantitative estimate of drug-likeness (QED) is 0.852. The van der Waals surface area contributed by atoms with Gasteiger partial charge in [0.15, 0.2) is 0 Å². The molecule has 112 valence electrons. The minimum atomic E-state index is 0.290. The highest BCUT2D eigenvalue weighted by atomic mass is 16.5. The zero-order chi connectivity index (χ0) is 14.5. The zero-order valence-corrected chi connectivity index (χ0v) is 12.2. The highest BCUT2D eigenvalue weighted by Crippen LogP contribution is 2.27. The van der Waals surface area contributed by atoms with Crippen LogP contribution in [-0.4, -0.2) is 49.5 Å². The molecule has 2 rings (SSSR count). The van der Waals surface area contributed by atoms with E-state index in [2.05, 4.69) is 4.90 Å². The van der Waals surface area contributed by atoms with E-state index in [4.69, 9.17) is 15.2 Å². The van der Waals surface area contributed by atoms with E-state index in [-0.39, 0.29) is 0 Å². The lowest BCUT2D eigenvalue weighted by atomic mass is 9.98. The second-order valence-electron chi connectivity index (χ2n) is 5.24. The number of hydrogen-bond donors (Lipinski definition) is 2. The molecule has 1 aromatic rings. The molecule has 3 N–H and O–H groups in total. The van der Waals surface area contributed by atoms with Gasteiger partial charge in [-0.25, -0.2) is 0 Å². The van der Waals surface area contributed by atoms with Crippen molar-refractivity contribution in [2.24, 2.45) is 5.73 Å². The van der Waals surface area contributed by atoms with Gasteiger partial charge in [0, 0.05) is 38.3 Å². The first-order valence-corrected chi connectivity index (χ1v) is 7.00. The van der Waals surface area contributed by atoms with Crippen LogP contribution in [0.2, 0.25) is 0 Å². The molecule has 0 amide bonds. The molecule has 0 aliphatic carbocycles. The molecule has 0 spiro atoms. The fourth-order valence-corrected chi connectivity index (χ4v) is 2.76. The number of hydrogen-bond acceptors (Lipinski definition) is 5. The molecule has 2 atom stereocenters. The van der Waals surface area contributed by atoms with Crippen LogP contribution in [0.5, 0.6) is 11.5 Å². The molecule has 0 aromatic heterocycles. The van der Waals surface area contributed by atoms with Gasteiger partial charge in [0.05, 0.1) is 13.2 Å². The van der Waals surface area contributed by atoms with E-state index in [0.29, 0.717) is 31.0 Å². The van der Waals surface area contributed by atoms with Gasteiger partial charge in [0.25, 0.3) is 0 Å². The van der Waals surface area contributed by atoms with E-state index >= 15 is 0 Å². The first-order chi connectivity index (χ1) is 9.67. The zero-order valence-electron chi connectivity index (χ0n) is 12.2. The molecule has 1 aromatic carbocycles. The summed E-state index contributed by atoms with van der Waals surface area (Å²) in [5.74, 6) is 1.06. The van der Waals surface area contributed by atoms with Gasteiger partial charge in [-0.2, -0.15) is 0 Å². The predicted octanol–water partition coefficient (Wildman–Crippen LogP) is 1.34. The molecule has 0 bridgehead atoms. The minimum absolute atomic E-state index is 0.290. The summed E-state index contributed by atoms with van der Waals surface area (Å²) in [5, 5.41) is 9.98. The van der Waals surface area contributed by atoms with Gasteiger partial charge < -0.3 is 20.3 Å². The van der Waals surface area contributed by atoms with E-state index in [1.165, 1.54) is 0 Å². The topological polar surface area (TPSA) is 68.0 Å². The molecule has 20 heavy (non-hydrogen) atoms. The van der Waals surface area contributed by atoms with Gasteiger partial charge in [-0.15, -0.1) is 0 Å². The maximum atomic E-state index is 9.98. The predicted molar refractivity (Wildman–Crippen MR) is 77.9 cm³/mol. The fourth-order valence-electron chi connectivity index (χ4n) is 2.76. The highest BCUT2D eigenvalue weighted by Gasteiger charge is 2.27. The molecule has 1 saturated heterocycles. The number of rotatable bonds is 5. The Morgan fingerprint density at radius 1 is 1.40 bits per heavy atom. The van der Waals surface area contributed by atoms with Crippen molar-refractivity contribution in [3.63, 3.8) is 0 Å². The van der Waals surface area contributed by atoms with Gasteiger partial charge in [-0.3, -0.25) is 4.90 Å². The summed E-state index contributed by atoms with van der Waals surface area (Å²) < 4.78 is 10.6. The van der Waals surface area contributed by atoms with Crippen molar-refractivity contribution in [3.8, 4) is 11.5 Å². The van der Waals surface area contributed by atoms with Crippen LogP contribution >= 0.6 is 0 Å². The van der Waals surface area contributed by atoms with Crippen LogP contribution in [0.3, 0.4) is 0 Å². The van der Waals surface area contributed by atoms with E-state index in [1.807, 2.05) is 6.07 Å². The van der Waals surface area contributed by atoms with Gasteiger partial charge >= 0.3 is 0 Å². The number of aromatic hydroxyl groups is 1. The number of methoxy groups -OCH3 is 2. The lowest BCUT2D eigenvalue weighted by Gasteiger charge is -2.38. The van der Waals surface area contributed by atoms with E-state index < -0.39 is 0 Å². The molecule has 1 heterocycles. The standard InChI is InChI=1S/C15H24N2O3/c1-19-13-3-4-15(18)11(7-13)10-17-6-5-14(20-2)8-12(17)9-16/h3-4,7,12,14,18H,5-6,8-10,16H2,1-2H3. The summed E-state index contributed by atoms with van der Waals surface area (Å²) in [6, 6.07) is 5.61. The van der Waals surface area contributed by atoms with Gasteiger partial charge in [0.1, 0.15) is 11.5 Å². The van der Waals surface area contributed by atoms with Crippen molar-refractivity contribution >= 4 is 0 Å². The molecule has 5 heteroatoms. The SMILES string of the molecule is COc1ccc(O)c(CN2CCC(OC)CC2CN)c1. The fraction of sp³-hybridized carbons (Fsp3) is 0.600. The molecular weight excluding hydrogens is 256 g/mol. The van der Waals surface area contributed by atoms with Gasteiger partial charge in [0.2, 0.25) is 0 Å². The Morgan fingerprint density at radius 2 is 2.20 bits per heavy atom. The van der Waals surface area contributed by atoms with Crippen LogP contribution < -0.4 is 10.5 Å². The smallest absolute Gasteiger partial charge is 0.120 e. The Balaban J connectivity index is 2.08. The third kappa shape index (κ3) is 3.42. The van der Waals surface area contributed by atoms with E-state index in [1.54, 1.807) is 26.4 Å². The average molecular weight is 280 g/mol. The van der Waals surface area contributed by atoms with Crippen LogP contribution in [0, 0.1) is 0 Å².